The molecule has 1 aromatic rings. The quantitative estimate of drug-likeness (QED) is 0.832. The molecule has 0 aromatic heterocycles. The van der Waals surface area contributed by atoms with Crippen molar-refractivity contribution in [2.45, 2.75) is 0 Å². The van der Waals surface area contributed by atoms with Crippen LogP contribution in [0.15, 0.2) is 18.2 Å². The number of piperazine rings is 1. The zero-order chi connectivity index (χ0) is 10.7. The molecule has 1 aliphatic rings. The highest BCUT2D eigenvalue weighted by molar-refractivity contribution is 6.34. The molecule has 1 N–H and O–H groups in total. The van der Waals surface area contributed by atoms with E-state index in [1.165, 1.54) is 0 Å². The normalized spacial score (nSPS) is 16.5. The van der Waals surface area contributed by atoms with Crippen LogP contribution in [0.2, 0.25) is 5.02 Å². The minimum atomic E-state index is 0.710. The average molecular weight is 227 g/mol. The third-order valence-corrected chi connectivity index (χ3v) is 3.00. The molecular formula is C11H15ClN2O. The molecule has 0 radical (unpaired) electrons. The zero-order valence-electron chi connectivity index (χ0n) is 8.79. The van der Waals surface area contributed by atoms with Crippen LogP contribution in [0, 0.1) is 0 Å². The van der Waals surface area contributed by atoms with E-state index in [1.54, 1.807) is 7.11 Å². The summed E-state index contributed by atoms with van der Waals surface area (Å²) in [5.74, 6) is 0.743. The van der Waals surface area contributed by atoms with E-state index in [0.29, 0.717) is 5.02 Å². The first kappa shape index (κ1) is 10.6. The monoisotopic (exact) mass is 226 g/mol. The molecule has 3 nitrogen and oxygen atoms in total. The number of nitrogens with one attached hydrogen (secondary N) is 1. The fourth-order valence-electron chi connectivity index (χ4n) is 1.81. The molecule has 0 aliphatic carbocycles. The van der Waals surface area contributed by atoms with Crippen LogP contribution in [0.4, 0.5) is 5.69 Å². The van der Waals surface area contributed by atoms with Gasteiger partial charge < -0.3 is 15.0 Å². The summed E-state index contributed by atoms with van der Waals surface area (Å²) in [6.45, 7) is 4.00. The van der Waals surface area contributed by atoms with E-state index < -0.39 is 0 Å². The average Bonchev–Trinajstić information content (AvgIpc) is 2.30. The van der Waals surface area contributed by atoms with Gasteiger partial charge in [0.15, 0.2) is 0 Å². The van der Waals surface area contributed by atoms with E-state index in [-0.39, 0.29) is 0 Å². The van der Waals surface area contributed by atoms with Gasteiger partial charge in [0.05, 0.1) is 12.8 Å². The Bertz CT molecular complexity index is 337. The lowest BCUT2D eigenvalue weighted by molar-refractivity contribution is 0.415. The second-order valence-electron chi connectivity index (χ2n) is 3.53. The fourth-order valence-corrected chi connectivity index (χ4v) is 2.13. The Morgan fingerprint density at radius 3 is 2.73 bits per heavy atom. The largest absolute Gasteiger partial charge is 0.495 e. The van der Waals surface area contributed by atoms with E-state index in [4.69, 9.17) is 16.3 Å². The van der Waals surface area contributed by atoms with Crippen molar-refractivity contribution in [3.63, 3.8) is 0 Å². The second-order valence-corrected chi connectivity index (χ2v) is 3.91. The smallest absolute Gasteiger partial charge is 0.139 e. The third kappa shape index (κ3) is 2.19. The van der Waals surface area contributed by atoms with Crippen LogP contribution in [0.1, 0.15) is 0 Å². The second kappa shape index (κ2) is 4.73. The van der Waals surface area contributed by atoms with Crippen molar-refractivity contribution in [2.75, 3.05) is 38.2 Å². The van der Waals surface area contributed by atoms with E-state index in [2.05, 4.69) is 10.2 Å². The maximum Gasteiger partial charge on any atom is 0.139 e. The minimum Gasteiger partial charge on any atom is -0.495 e. The van der Waals surface area contributed by atoms with Gasteiger partial charge in [0.2, 0.25) is 0 Å². The molecule has 0 atom stereocenters. The Kier molecular flexibility index (Phi) is 3.34. The van der Waals surface area contributed by atoms with Crippen LogP contribution in [0.5, 0.6) is 5.75 Å². The Labute approximate surface area is 95.0 Å². The summed E-state index contributed by atoms with van der Waals surface area (Å²) >= 11 is 6.26. The SMILES string of the molecule is COc1cccc(N2CCNCC2)c1Cl. The van der Waals surface area contributed by atoms with Crippen molar-refractivity contribution in [3.05, 3.63) is 23.2 Å². The number of rotatable bonds is 2. The highest BCUT2D eigenvalue weighted by Gasteiger charge is 2.15. The highest BCUT2D eigenvalue weighted by atomic mass is 35.5. The molecule has 1 fully saturated rings. The lowest BCUT2D eigenvalue weighted by Gasteiger charge is -2.30. The Morgan fingerprint density at radius 2 is 2.07 bits per heavy atom. The van der Waals surface area contributed by atoms with Gasteiger partial charge in [-0.05, 0) is 12.1 Å². The number of halogens is 1. The number of nitrogens with zero attached hydrogens (tertiary/aromatic N) is 1. The van der Waals surface area contributed by atoms with E-state index in [9.17, 15) is 0 Å². The molecule has 0 spiro atoms. The van der Waals surface area contributed by atoms with Crippen molar-refractivity contribution < 1.29 is 4.74 Å². The number of benzene rings is 1. The van der Waals surface area contributed by atoms with E-state index in [0.717, 1.165) is 37.6 Å². The van der Waals surface area contributed by atoms with Gasteiger partial charge in [0.1, 0.15) is 10.8 Å². The molecule has 2 rings (SSSR count). The molecule has 0 amide bonds. The molecule has 4 heteroatoms. The molecule has 1 aliphatic heterocycles. The topological polar surface area (TPSA) is 24.5 Å². The lowest BCUT2D eigenvalue weighted by atomic mass is 10.2. The van der Waals surface area contributed by atoms with Crippen LogP contribution < -0.4 is 15.0 Å². The first-order valence-electron chi connectivity index (χ1n) is 5.11. The summed E-state index contributed by atoms with van der Waals surface area (Å²) in [6, 6.07) is 5.90. The Morgan fingerprint density at radius 1 is 1.33 bits per heavy atom. The minimum absolute atomic E-state index is 0.710. The molecule has 0 bridgehead atoms. The molecule has 0 saturated carbocycles. The Balaban J connectivity index is 2.26. The standard InChI is InChI=1S/C11H15ClN2O/c1-15-10-4-2-3-9(11(10)12)14-7-5-13-6-8-14/h2-4,13H,5-8H2,1H3. The van der Waals surface area contributed by atoms with Gasteiger partial charge in [0.25, 0.3) is 0 Å². The van der Waals surface area contributed by atoms with Crippen LogP contribution >= 0.6 is 11.6 Å². The first-order chi connectivity index (χ1) is 7.33. The van der Waals surface area contributed by atoms with Crippen LogP contribution in [-0.2, 0) is 0 Å². The molecular weight excluding hydrogens is 212 g/mol. The van der Waals surface area contributed by atoms with Crippen molar-refractivity contribution in [3.8, 4) is 5.75 Å². The summed E-state index contributed by atoms with van der Waals surface area (Å²) in [4.78, 5) is 2.28. The summed E-state index contributed by atoms with van der Waals surface area (Å²) in [6.07, 6.45) is 0. The predicted octanol–water partition coefficient (Wildman–Crippen LogP) is 1.76. The van der Waals surface area contributed by atoms with Crippen molar-refractivity contribution in [1.29, 1.82) is 0 Å². The lowest BCUT2D eigenvalue weighted by Crippen LogP contribution is -2.43. The third-order valence-electron chi connectivity index (χ3n) is 2.62. The predicted molar refractivity (Wildman–Crippen MR) is 63.1 cm³/mol. The van der Waals surface area contributed by atoms with Gasteiger partial charge in [-0.25, -0.2) is 0 Å². The number of ether oxygens (including phenoxy) is 1. The number of hydrogen-bond donors (Lipinski definition) is 1. The van der Waals surface area contributed by atoms with Gasteiger partial charge >= 0.3 is 0 Å². The van der Waals surface area contributed by atoms with Gasteiger partial charge in [-0.1, -0.05) is 17.7 Å². The molecule has 0 unspecified atom stereocenters. The first-order valence-corrected chi connectivity index (χ1v) is 5.49. The van der Waals surface area contributed by atoms with Crippen LogP contribution in [0.3, 0.4) is 0 Å². The van der Waals surface area contributed by atoms with Crippen LogP contribution in [-0.4, -0.2) is 33.3 Å². The Hall–Kier alpha value is -0.930. The maximum atomic E-state index is 6.26. The summed E-state index contributed by atoms with van der Waals surface area (Å²) in [7, 11) is 1.64. The number of methoxy groups -OCH3 is 1. The zero-order valence-corrected chi connectivity index (χ0v) is 9.55. The molecule has 1 aromatic carbocycles. The summed E-state index contributed by atoms with van der Waals surface area (Å²) in [5.41, 5.74) is 1.07. The summed E-state index contributed by atoms with van der Waals surface area (Å²) < 4.78 is 5.20. The number of anilines is 1. The molecule has 82 valence electrons. The molecule has 1 heterocycles. The number of hydrogen-bond acceptors (Lipinski definition) is 3. The summed E-state index contributed by atoms with van der Waals surface area (Å²) in [5, 5.41) is 4.03. The molecule has 1 saturated heterocycles. The van der Waals surface area contributed by atoms with Gasteiger partial charge in [-0.2, -0.15) is 0 Å². The van der Waals surface area contributed by atoms with Crippen molar-refractivity contribution >= 4 is 17.3 Å². The van der Waals surface area contributed by atoms with E-state index in [1.807, 2.05) is 18.2 Å². The van der Waals surface area contributed by atoms with Crippen molar-refractivity contribution in [2.24, 2.45) is 0 Å². The fraction of sp³-hybridized carbons (Fsp3) is 0.455. The van der Waals surface area contributed by atoms with Gasteiger partial charge in [-0.15, -0.1) is 0 Å². The van der Waals surface area contributed by atoms with E-state index >= 15 is 0 Å². The molecule has 15 heavy (non-hydrogen) atoms. The highest BCUT2D eigenvalue weighted by Crippen LogP contribution is 2.34. The maximum absolute atomic E-state index is 6.26. The van der Waals surface area contributed by atoms with Crippen LogP contribution in [0.25, 0.3) is 0 Å². The van der Waals surface area contributed by atoms with Gasteiger partial charge in [0, 0.05) is 26.2 Å². The van der Waals surface area contributed by atoms with Gasteiger partial charge in [-0.3, -0.25) is 0 Å². The van der Waals surface area contributed by atoms with Crippen molar-refractivity contribution in [1.82, 2.24) is 5.32 Å².